The normalized spacial score (nSPS) is 11.8. The van der Waals surface area contributed by atoms with E-state index >= 15 is 0 Å². The van der Waals surface area contributed by atoms with E-state index in [4.69, 9.17) is 11.6 Å². The summed E-state index contributed by atoms with van der Waals surface area (Å²) >= 11 is 6.82. The molecule has 0 aromatic carbocycles. The van der Waals surface area contributed by atoms with E-state index in [1.165, 1.54) is 11.3 Å². The minimum Gasteiger partial charge on any atom is -0.218 e. The van der Waals surface area contributed by atoms with Gasteiger partial charge in [-0.1, -0.05) is 0 Å². The fourth-order valence-electron chi connectivity index (χ4n) is 1.12. The highest BCUT2D eigenvalue weighted by Crippen LogP contribution is 2.31. The van der Waals surface area contributed by atoms with Crippen molar-refractivity contribution in [2.45, 2.75) is 6.18 Å². The predicted octanol–water partition coefficient (Wildman–Crippen LogP) is 3.88. The molecule has 16 heavy (non-hydrogen) atoms. The van der Waals surface area contributed by atoms with Crippen LogP contribution in [0.25, 0.3) is 11.3 Å². The second kappa shape index (κ2) is 4.03. The van der Waals surface area contributed by atoms with Gasteiger partial charge in [0.25, 0.3) is 0 Å². The lowest BCUT2D eigenvalue weighted by Gasteiger charge is -2.07. The van der Waals surface area contributed by atoms with Crippen LogP contribution in [0.15, 0.2) is 22.9 Å². The summed E-state index contributed by atoms with van der Waals surface area (Å²) < 4.78 is 37.3. The standard InChI is InChI=1S/C9H4ClF3N2S/c10-8-14-6(5-1-2-16-4-5)3-7(15-8)9(11,12)13/h1-4H. The number of hydrogen-bond acceptors (Lipinski definition) is 3. The second-order valence-corrected chi connectivity index (χ2v) is 4.04. The molecule has 0 unspecified atom stereocenters. The highest BCUT2D eigenvalue weighted by atomic mass is 35.5. The first-order valence-corrected chi connectivity index (χ1v) is 5.43. The second-order valence-electron chi connectivity index (χ2n) is 2.92. The minimum absolute atomic E-state index is 0.175. The molecule has 2 heterocycles. The van der Waals surface area contributed by atoms with Gasteiger partial charge in [-0.3, -0.25) is 0 Å². The van der Waals surface area contributed by atoms with Crippen molar-refractivity contribution in [1.29, 1.82) is 0 Å². The molecule has 0 fully saturated rings. The quantitative estimate of drug-likeness (QED) is 0.731. The Morgan fingerprint density at radius 1 is 1.25 bits per heavy atom. The van der Waals surface area contributed by atoms with Crippen molar-refractivity contribution in [1.82, 2.24) is 9.97 Å². The van der Waals surface area contributed by atoms with E-state index in [1.807, 2.05) is 0 Å². The van der Waals surface area contributed by atoms with Gasteiger partial charge in [0.2, 0.25) is 5.28 Å². The fourth-order valence-corrected chi connectivity index (χ4v) is 1.95. The molecule has 7 heteroatoms. The Bertz CT molecular complexity index is 496. The monoisotopic (exact) mass is 264 g/mol. The molecular weight excluding hydrogens is 261 g/mol. The summed E-state index contributed by atoms with van der Waals surface area (Å²) in [5, 5.41) is 3.04. The Labute approximate surface area is 97.7 Å². The third-order valence-electron chi connectivity index (χ3n) is 1.81. The Morgan fingerprint density at radius 3 is 2.56 bits per heavy atom. The van der Waals surface area contributed by atoms with Crippen molar-refractivity contribution in [2.75, 3.05) is 0 Å². The zero-order chi connectivity index (χ0) is 11.8. The minimum atomic E-state index is -4.52. The maximum absolute atomic E-state index is 12.4. The van der Waals surface area contributed by atoms with Crippen LogP contribution in [0.3, 0.4) is 0 Å². The summed E-state index contributed by atoms with van der Waals surface area (Å²) in [4.78, 5) is 6.90. The third-order valence-corrected chi connectivity index (χ3v) is 2.66. The van der Waals surface area contributed by atoms with E-state index in [9.17, 15) is 13.2 Å². The molecule has 0 saturated carbocycles. The van der Waals surface area contributed by atoms with Crippen LogP contribution >= 0.6 is 22.9 Å². The van der Waals surface area contributed by atoms with Gasteiger partial charge >= 0.3 is 6.18 Å². The smallest absolute Gasteiger partial charge is 0.218 e. The molecule has 0 aliphatic carbocycles. The van der Waals surface area contributed by atoms with Gasteiger partial charge in [-0.2, -0.15) is 24.5 Å². The van der Waals surface area contributed by atoms with Crippen LogP contribution in [0.2, 0.25) is 5.28 Å². The molecule has 0 aliphatic heterocycles. The molecule has 0 saturated heterocycles. The first-order chi connectivity index (χ1) is 7.47. The van der Waals surface area contributed by atoms with Gasteiger partial charge in [0.15, 0.2) is 0 Å². The van der Waals surface area contributed by atoms with Gasteiger partial charge in [-0.05, 0) is 29.1 Å². The highest BCUT2D eigenvalue weighted by molar-refractivity contribution is 7.08. The Hall–Kier alpha value is -1.14. The molecule has 2 nitrogen and oxygen atoms in total. The van der Waals surface area contributed by atoms with Crippen LogP contribution in [0.1, 0.15) is 5.69 Å². The van der Waals surface area contributed by atoms with E-state index < -0.39 is 17.2 Å². The molecule has 2 aromatic heterocycles. The molecule has 2 rings (SSSR count). The summed E-state index contributed by atoms with van der Waals surface area (Å²) in [7, 11) is 0. The number of aromatic nitrogens is 2. The van der Waals surface area contributed by atoms with E-state index in [1.54, 1.807) is 16.8 Å². The van der Waals surface area contributed by atoms with E-state index in [2.05, 4.69) is 9.97 Å². The zero-order valence-electron chi connectivity index (χ0n) is 7.62. The molecule has 84 valence electrons. The topological polar surface area (TPSA) is 25.8 Å². The van der Waals surface area contributed by atoms with Crippen LogP contribution in [0.5, 0.6) is 0 Å². The molecule has 0 spiro atoms. The van der Waals surface area contributed by atoms with Gasteiger partial charge < -0.3 is 0 Å². The fraction of sp³-hybridized carbons (Fsp3) is 0.111. The van der Waals surface area contributed by atoms with Gasteiger partial charge in [-0.25, -0.2) is 9.97 Å². The van der Waals surface area contributed by atoms with E-state index in [0.717, 1.165) is 6.07 Å². The SMILES string of the molecule is FC(F)(F)c1cc(-c2ccsc2)nc(Cl)n1. The van der Waals surface area contributed by atoms with Crippen LogP contribution in [0.4, 0.5) is 13.2 Å². The Kier molecular flexibility index (Phi) is 2.86. The van der Waals surface area contributed by atoms with Gasteiger partial charge in [0.1, 0.15) is 5.69 Å². The number of hydrogen-bond donors (Lipinski definition) is 0. The number of alkyl halides is 3. The summed E-state index contributed by atoms with van der Waals surface area (Å²) in [5.41, 5.74) is -0.262. The number of halogens is 4. The molecule has 0 radical (unpaired) electrons. The van der Waals surface area contributed by atoms with E-state index in [-0.39, 0.29) is 5.69 Å². The molecule has 0 bridgehead atoms. The maximum Gasteiger partial charge on any atom is 0.433 e. The van der Waals surface area contributed by atoms with Crippen molar-refractivity contribution in [3.63, 3.8) is 0 Å². The number of thiophene rings is 1. The van der Waals surface area contributed by atoms with Gasteiger partial charge in [0.05, 0.1) is 5.69 Å². The van der Waals surface area contributed by atoms with Crippen molar-refractivity contribution >= 4 is 22.9 Å². The average Bonchev–Trinajstić information content (AvgIpc) is 2.68. The average molecular weight is 265 g/mol. The van der Waals surface area contributed by atoms with E-state index in [0.29, 0.717) is 5.56 Å². The lowest BCUT2D eigenvalue weighted by Crippen LogP contribution is -2.09. The van der Waals surface area contributed by atoms with Crippen molar-refractivity contribution in [3.8, 4) is 11.3 Å². The van der Waals surface area contributed by atoms with Crippen LogP contribution in [0, 0.1) is 0 Å². The first kappa shape index (κ1) is 11.3. The van der Waals surface area contributed by atoms with Crippen molar-refractivity contribution in [3.05, 3.63) is 33.9 Å². The largest absolute Gasteiger partial charge is 0.433 e. The molecule has 2 aromatic rings. The Balaban J connectivity index is 2.53. The van der Waals surface area contributed by atoms with Crippen molar-refractivity contribution in [2.24, 2.45) is 0 Å². The van der Waals surface area contributed by atoms with Crippen molar-refractivity contribution < 1.29 is 13.2 Å². The Morgan fingerprint density at radius 2 is 2.00 bits per heavy atom. The summed E-state index contributed by atoms with van der Waals surface area (Å²) in [6, 6.07) is 2.55. The lowest BCUT2D eigenvalue weighted by molar-refractivity contribution is -0.141. The molecule has 0 amide bonds. The maximum atomic E-state index is 12.4. The molecular formula is C9H4ClF3N2S. The van der Waals surface area contributed by atoms with Crippen LogP contribution in [-0.2, 0) is 6.18 Å². The number of nitrogens with zero attached hydrogens (tertiary/aromatic N) is 2. The molecule has 0 atom stereocenters. The van der Waals surface area contributed by atoms with Crippen LogP contribution < -0.4 is 0 Å². The first-order valence-electron chi connectivity index (χ1n) is 4.11. The third kappa shape index (κ3) is 2.33. The van der Waals surface area contributed by atoms with Gasteiger partial charge in [-0.15, -0.1) is 0 Å². The van der Waals surface area contributed by atoms with Crippen LogP contribution in [-0.4, -0.2) is 9.97 Å². The zero-order valence-corrected chi connectivity index (χ0v) is 9.20. The molecule has 0 N–H and O–H groups in total. The summed E-state index contributed by atoms with van der Waals surface area (Å²) in [5.74, 6) is 0. The number of rotatable bonds is 1. The summed E-state index contributed by atoms with van der Waals surface area (Å²) in [6.07, 6.45) is -4.52. The highest BCUT2D eigenvalue weighted by Gasteiger charge is 2.33. The lowest BCUT2D eigenvalue weighted by atomic mass is 10.2. The van der Waals surface area contributed by atoms with Gasteiger partial charge in [0, 0.05) is 10.9 Å². The molecule has 0 aliphatic rings. The predicted molar refractivity (Wildman–Crippen MR) is 55.4 cm³/mol. The summed E-state index contributed by atoms with van der Waals surface area (Å²) in [6.45, 7) is 0.